The van der Waals surface area contributed by atoms with Gasteiger partial charge in [-0.05, 0) is 36.3 Å². The molecule has 1 aromatic rings. The van der Waals surface area contributed by atoms with E-state index in [-0.39, 0.29) is 18.9 Å². The number of rotatable bonds is 5. The number of aliphatic carboxylic acids is 1. The Bertz CT molecular complexity index is 470. The lowest BCUT2D eigenvalue weighted by Crippen LogP contribution is -2.29. The second kappa shape index (κ2) is 6.36. The van der Waals surface area contributed by atoms with Crippen LogP contribution in [0, 0.1) is 5.92 Å². The maximum Gasteiger partial charge on any atom is 0.305 e. The Morgan fingerprint density at radius 3 is 2.74 bits per heavy atom. The van der Waals surface area contributed by atoms with Crippen LogP contribution in [0.5, 0.6) is 0 Å². The lowest BCUT2D eigenvalue weighted by Gasteiger charge is -2.24. The van der Waals surface area contributed by atoms with Gasteiger partial charge in [0, 0.05) is 13.0 Å². The fraction of sp³-hybridized carbons (Fsp3) is 0.467. The molecule has 0 aromatic heterocycles. The Morgan fingerprint density at radius 1 is 1.26 bits per heavy atom. The molecule has 2 N–H and O–H groups in total. The van der Waals surface area contributed by atoms with Crippen molar-refractivity contribution in [2.45, 2.75) is 32.1 Å². The predicted octanol–water partition coefficient (Wildman–Crippen LogP) is 1.77. The number of nitrogens with one attached hydrogen (secondary N) is 1. The van der Waals surface area contributed by atoms with Gasteiger partial charge < -0.3 is 10.4 Å². The molecular formula is C15H19NO3. The summed E-state index contributed by atoms with van der Waals surface area (Å²) in [5.74, 6) is -0.544. The number of carbonyl (C=O) groups excluding carboxylic acids is 1. The number of carbonyl (C=O) groups is 2. The highest BCUT2D eigenvalue weighted by atomic mass is 16.4. The standard InChI is InChI=1S/C15H19NO3/c17-14(16-8-7-15(18)19)10-11-5-6-12-3-1-2-4-13(12)9-11/h1-4,11H,5-10H2,(H,16,17)(H,18,19). The van der Waals surface area contributed by atoms with Crippen molar-refractivity contribution < 1.29 is 14.7 Å². The van der Waals surface area contributed by atoms with Crippen molar-refractivity contribution in [3.8, 4) is 0 Å². The van der Waals surface area contributed by atoms with Crippen molar-refractivity contribution in [1.82, 2.24) is 5.32 Å². The molecule has 19 heavy (non-hydrogen) atoms. The second-order valence-corrected chi connectivity index (χ2v) is 5.08. The van der Waals surface area contributed by atoms with Crippen LogP contribution < -0.4 is 5.32 Å². The number of hydrogen-bond acceptors (Lipinski definition) is 2. The normalized spacial score (nSPS) is 17.6. The summed E-state index contributed by atoms with van der Waals surface area (Å²) in [6, 6.07) is 8.37. The van der Waals surface area contributed by atoms with Gasteiger partial charge >= 0.3 is 5.97 Å². The van der Waals surface area contributed by atoms with Gasteiger partial charge in [0.1, 0.15) is 0 Å². The van der Waals surface area contributed by atoms with Crippen LogP contribution in [0.1, 0.15) is 30.4 Å². The zero-order valence-electron chi connectivity index (χ0n) is 10.9. The van der Waals surface area contributed by atoms with Crippen LogP contribution in [0.3, 0.4) is 0 Å². The summed E-state index contributed by atoms with van der Waals surface area (Å²) in [7, 11) is 0. The topological polar surface area (TPSA) is 66.4 Å². The monoisotopic (exact) mass is 261 g/mol. The Labute approximate surface area is 112 Å². The van der Waals surface area contributed by atoms with Gasteiger partial charge in [-0.15, -0.1) is 0 Å². The van der Waals surface area contributed by atoms with E-state index >= 15 is 0 Å². The van der Waals surface area contributed by atoms with Crippen molar-refractivity contribution in [3.05, 3.63) is 35.4 Å². The molecule has 1 aliphatic carbocycles. The van der Waals surface area contributed by atoms with E-state index in [1.54, 1.807) is 0 Å². The van der Waals surface area contributed by atoms with Crippen LogP contribution in [-0.2, 0) is 22.4 Å². The van der Waals surface area contributed by atoms with E-state index in [2.05, 4.69) is 23.5 Å². The van der Waals surface area contributed by atoms with Gasteiger partial charge in [-0.3, -0.25) is 9.59 Å². The minimum absolute atomic E-state index is 0.0146. The smallest absolute Gasteiger partial charge is 0.305 e. The van der Waals surface area contributed by atoms with Crippen LogP contribution >= 0.6 is 0 Å². The van der Waals surface area contributed by atoms with Gasteiger partial charge in [0.25, 0.3) is 0 Å². The molecule has 102 valence electrons. The lowest BCUT2D eigenvalue weighted by molar-refractivity contribution is -0.136. The zero-order chi connectivity index (χ0) is 13.7. The number of benzene rings is 1. The summed E-state index contributed by atoms with van der Waals surface area (Å²) in [4.78, 5) is 22.1. The van der Waals surface area contributed by atoms with Crippen LogP contribution in [0.15, 0.2) is 24.3 Å². The Hall–Kier alpha value is -1.84. The van der Waals surface area contributed by atoms with E-state index in [1.165, 1.54) is 11.1 Å². The molecule has 0 heterocycles. The van der Waals surface area contributed by atoms with E-state index in [0.29, 0.717) is 12.3 Å². The highest BCUT2D eigenvalue weighted by Crippen LogP contribution is 2.27. The van der Waals surface area contributed by atoms with Gasteiger partial charge in [-0.25, -0.2) is 0 Å². The third-order valence-electron chi connectivity index (χ3n) is 3.58. The lowest BCUT2D eigenvalue weighted by atomic mass is 9.82. The predicted molar refractivity (Wildman–Crippen MR) is 71.8 cm³/mol. The number of aryl methyl sites for hydroxylation is 1. The van der Waals surface area contributed by atoms with Crippen molar-refractivity contribution in [1.29, 1.82) is 0 Å². The largest absolute Gasteiger partial charge is 0.481 e. The first kappa shape index (κ1) is 13.6. The first-order valence-electron chi connectivity index (χ1n) is 6.70. The highest BCUT2D eigenvalue weighted by Gasteiger charge is 2.20. The van der Waals surface area contributed by atoms with E-state index in [1.807, 2.05) is 6.07 Å². The zero-order valence-corrected chi connectivity index (χ0v) is 10.9. The Morgan fingerprint density at radius 2 is 2.00 bits per heavy atom. The molecule has 4 heteroatoms. The molecule has 1 atom stereocenters. The Balaban J connectivity index is 1.79. The fourth-order valence-corrected chi connectivity index (χ4v) is 2.59. The van der Waals surface area contributed by atoms with Gasteiger partial charge in [0.2, 0.25) is 5.91 Å². The van der Waals surface area contributed by atoms with Gasteiger partial charge in [-0.1, -0.05) is 24.3 Å². The van der Waals surface area contributed by atoms with E-state index in [9.17, 15) is 9.59 Å². The van der Waals surface area contributed by atoms with E-state index in [0.717, 1.165) is 19.3 Å². The van der Waals surface area contributed by atoms with Gasteiger partial charge in [-0.2, -0.15) is 0 Å². The van der Waals surface area contributed by atoms with Gasteiger partial charge in [0.15, 0.2) is 0 Å². The summed E-state index contributed by atoms with van der Waals surface area (Å²) in [6.07, 6.45) is 3.49. The summed E-state index contributed by atoms with van der Waals surface area (Å²) >= 11 is 0. The molecule has 0 aliphatic heterocycles. The maximum absolute atomic E-state index is 11.7. The van der Waals surface area contributed by atoms with Crippen LogP contribution in [0.25, 0.3) is 0 Å². The second-order valence-electron chi connectivity index (χ2n) is 5.08. The number of carboxylic acids is 1. The molecule has 0 saturated heterocycles. The highest BCUT2D eigenvalue weighted by molar-refractivity contribution is 5.77. The van der Waals surface area contributed by atoms with Crippen LogP contribution in [0.4, 0.5) is 0 Å². The molecule has 1 aliphatic rings. The molecule has 0 radical (unpaired) electrons. The molecule has 0 bridgehead atoms. The average Bonchev–Trinajstić information content (AvgIpc) is 2.38. The molecular weight excluding hydrogens is 242 g/mol. The maximum atomic E-state index is 11.7. The Kier molecular flexibility index (Phi) is 4.55. The van der Waals surface area contributed by atoms with Crippen LogP contribution in [0.2, 0.25) is 0 Å². The van der Waals surface area contributed by atoms with Crippen LogP contribution in [-0.4, -0.2) is 23.5 Å². The third-order valence-corrected chi connectivity index (χ3v) is 3.58. The van der Waals surface area contributed by atoms with Crippen molar-refractivity contribution in [3.63, 3.8) is 0 Å². The summed E-state index contributed by atoms with van der Waals surface area (Å²) in [5.41, 5.74) is 2.74. The molecule has 0 fully saturated rings. The summed E-state index contributed by atoms with van der Waals surface area (Å²) in [5, 5.41) is 11.2. The van der Waals surface area contributed by atoms with E-state index in [4.69, 9.17) is 5.11 Å². The first-order valence-corrected chi connectivity index (χ1v) is 6.70. The molecule has 1 amide bonds. The molecule has 2 rings (SSSR count). The molecule has 4 nitrogen and oxygen atoms in total. The first-order chi connectivity index (χ1) is 9.15. The van der Waals surface area contributed by atoms with Crippen molar-refractivity contribution in [2.24, 2.45) is 5.92 Å². The summed E-state index contributed by atoms with van der Waals surface area (Å²) in [6.45, 7) is 0.220. The fourth-order valence-electron chi connectivity index (χ4n) is 2.59. The molecule has 0 saturated carbocycles. The third kappa shape index (κ3) is 4.09. The molecule has 1 unspecified atom stereocenters. The minimum Gasteiger partial charge on any atom is -0.481 e. The molecule has 0 spiro atoms. The van der Waals surface area contributed by atoms with E-state index < -0.39 is 5.97 Å². The molecule has 1 aromatic carbocycles. The average molecular weight is 261 g/mol. The number of carboxylic acid groups (broad SMARTS) is 1. The number of hydrogen-bond donors (Lipinski definition) is 2. The van der Waals surface area contributed by atoms with Gasteiger partial charge in [0.05, 0.1) is 6.42 Å². The number of fused-ring (bicyclic) bond motifs is 1. The number of amides is 1. The van der Waals surface area contributed by atoms with Crippen molar-refractivity contribution in [2.75, 3.05) is 6.54 Å². The summed E-state index contributed by atoms with van der Waals surface area (Å²) < 4.78 is 0. The van der Waals surface area contributed by atoms with Crippen molar-refractivity contribution >= 4 is 11.9 Å². The SMILES string of the molecule is O=C(O)CCNC(=O)CC1CCc2ccccc2C1. The minimum atomic E-state index is -0.883. The quantitative estimate of drug-likeness (QED) is 0.849.